The first-order chi connectivity index (χ1) is 9.75. The normalized spacial score (nSPS) is 16.8. The van der Waals surface area contributed by atoms with Crippen molar-refractivity contribution >= 4 is 10.9 Å². The van der Waals surface area contributed by atoms with Crippen molar-refractivity contribution in [3.63, 3.8) is 0 Å². The minimum Gasteiger partial charge on any atom is -0.291 e. The molecule has 2 heterocycles. The number of nitrogens with zero attached hydrogens (tertiary/aromatic N) is 2. The SMILES string of the molecule is CC1Cn2c(=O)nc(-c3ccccc3)c3cccc1c32. The highest BCUT2D eigenvalue weighted by molar-refractivity contribution is 5.95. The summed E-state index contributed by atoms with van der Waals surface area (Å²) in [5.74, 6) is 0.374. The summed E-state index contributed by atoms with van der Waals surface area (Å²) >= 11 is 0. The lowest BCUT2D eigenvalue weighted by Crippen LogP contribution is -2.22. The quantitative estimate of drug-likeness (QED) is 0.675. The summed E-state index contributed by atoms with van der Waals surface area (Å²) in [6.45, 7) is 2.89. The van der Waals surface area contributed by atoms with E-state index in [2.05, 4.69) is 30.1 Å². The molecule has 2 aromatic carbocycles. The maximum atomic E-state index is 12.3. The number of hydrogen-bond acceptors (Lipinski definition) is 2. The molecule has 20 heavy (non-hydrogen) atoms. The average molecular weight is 262 g/mol. The highest BCUT2D eigenvalue weighted by atomic mass is 16.1. The van der Waals surface area contributed by atoms with Crippen molar-refractivity contribution < 1.29 is 0 Å². The first-order valence-corrected chi connectivity index (χ1v) is 6.84. The highest BCUT2D eigenvalue weighted by Crippen LogP contribution is 2.35. The number of rotatable bonds is 1. The molecule has 0 aliphatic carbocycles. The first kappa shape index (κ1) is 11.4. The zero-order valence-corrected chi connectivity index (χ0v) is 11.2. The van der Waals surface area contributed by atoms with Crippen molar-refractivity contribution in [3.05, 3.63) is 64.6 Å². The number of benzene rings is 2. The van der Waals surface area contributed by atoms with Gasteiger partial charge in [-0.15, -0.1) is 0 Å². The van der Waals surface area contributed by atoms with E-state index in [1.807, 2.05) is 34.9 Å². The Morgan fingerprint density at radius 1 is 1.10 bits per heavy atom. The largest absolute Gasteiger partial charge is 0.348 e. The van der Waals surface area contributed by atoms with Gasteiger partial charge in [0.15, 0.2) is 0 Å². The molecule has 0 bridgehead atoms. The zero-order chi connectivity index (χ0) is 13.7. The molecular formula is C17H14N2O. The van der Waals surface area contributed by atoms with E-state index >= 15 is 0 Å². The van der Waals surface area contributed by atoms with Crippen molar-refractivity contribution in [1.82, 2.24) is 9.55 Å². The van der Waals surface area contributed by atoms with E-state index in [4.69, 9.17) is 0 Å². The topological polar surface area (TPSA) is 34.9 Å². The van der Waals surface area contributed by atoms with E-state index in [0.29, 0.717) is 5.92 Å². The van der Waals surface area contributed by atoms with Gasteiger partial charge in [0.2, 0.25) is 0 Å². The van der Waals surface area contributed by atoms with Crippen LogP contribution >= 0.6 is 0 Å². The Morgan fingerprint density at radius 2 is 1.90 bits per heavy atom. The van der Waals surface area contributed by atoms with Crippen LogP contribution in [0.1, 0.15) is 18.4 Å². The Labute approximate surface area is 116 Å². The van der Waals surface area contributed by atoms with Crippen LogP contribution in [-0.2, 0) is 6.54 Å². The molecular weight excluding hydrogens is 248 g/mol. The van der Waals surface area contributed by atoms with Crippen molar-refractivity contribution in [2.45, 2.75) is 19.4 Å². The van der Waals surface area contributed by atoms with Gasteiger partial charge in [-0.1, -0.05) is 55.5 Å². The molecule has 1 aliphatic heterocycles. The molecule has 0 spiro atoms. The van der Waals surface area contributed by atoms with E-state index in [1.54, 1.807) is 0 Å². The molecule has 0 radical (unpaired) electrons. The molecule has 1 atom stereocenters. The third kappa shape index (κ3) is 1.46. The Kier molecular flexibility index (Phi) is 2.30. The van der Waals surface area contributed by atoms with E-state index in [9.17, 15) is 4.79 Å². The van der Waals surface area contributed by atoms with Gasteiger partial charge in [0.25, 0.3) is 0 Å². The van der Waals surface area contributed by atoms with E-state index in [1.165, 1.54) is 5.56 Å². The molecule has 1 aliphatic rings. The predicted octanol–water partition coefficient (Wildman–Crippen LogP) is 3.18. The molecule has 3 aromatic rings. The lowest BCUT2D eigenvalue weighted by molar-refractivity contribution is 0.631. The molecule has 3 heteroatoms. The van der Waals surface area contributed by atoms with Gasteiger partial charge in [-0.05, 0) is 5.56 Å². The predicted molar refractivity (Wildman–Crippen MR) is 79.9 cm³/mol. The minimum atomic E-state index is -0.145. The monoisotopic (exact) mass is 262 g/mol. The fraction of sp³-hybridized carbons (Fsp3) is 0.176. The van der Waals surface area contributed by atoms with Crippen LogP contribution in [-0.4, -0.2) is 9.55 Å². The van der Waals surface area contributed by atoms with E-state index in [-0.39, 0.29) is 5.69 Å². The van der Waals surface area contributed by atoms with Crippen molar-refractivity contribution in [2.75, 3.05) is 0 Å². The van der Waals surface area contributed by atoms with Crippen molar-refractivity contribution in [2.24, 2.45) is 0 Å². The first-order valence-electron chi connectivity index (χ1n) is 6.84. The number of aromatic nitrogens is 2. The Hall–Kier alpha value is -2.42. The third-order valence-electron chi connectivity index (χ3n) is 4.07. The van der Waals surface area contributed by atoms with Crippen LogP contribution in [0.15, 0.2) is 53.3 Å². The molecule has 3 nitrogen and oxygen atoms in total. The molecule has 4 rings (SSSR count). The van der Waals surface area contributed by atoms with Crippen LogP contribution in [0.5, 0.6) is 0 Å². The maximum absolute atomic E-state index is 12.3. The second kappa shape index (κ2) is 4.04. The van der Waals surface area contributed by atoms with Crippen LogP contribution in [0.25, 0.3) is 22.2 Å². The summed E-state index contributed by atoms with van der Waals surface area (Å²) in [6, 6.07) is 16.1. The summed E-state index contributed by atoms with van der Waals surface area (Å²) < 4.78 is 1.81. The van der Waals surface area contributed by atoms with Crippen LogP contribution < -0.4 is 5.69 Å². The summed E-state index contributed by atoms with van der Waals surface area (Å²) in [7, 11) is 0. The Balaban J connectivity index is 2.16. The Morgan fingerprint density at radius 3 is 2.70 bits per heavy atom. The third-order valence-corrected chi connectivity index (χ3v) is 4.07. The van der Waals surface area contributed by atoms with Gasteiger partial charge in [0, 0.05) is 23.4 Å². The minimum absolute atomic E-state index is 0.145. The average Bonchev–Trinajstić information content (AvgIpc) is 2.83. The van der Waals surface area contributed by atoms with Gasteiger partial charge in [-0.3, -0.25) is 4.57 Å². The van der Waals surface area contributed by atoms with Crippen LogP contribution in [0.3, 0.4) is 0 Å². The standard InChI is InChI=1S/C17H14N2O/c1-11-10-19-16-13(11)8-5-9-14(16)15(18-17(19)20)12-6-3-2-4-7-12/h2-9,11H,10H2,1H3. The summed E-state index contributed by atoms with van der Waals surface area (Å²) in [6.07, 6.45) is 0. The second-order valence-electron chi connectivity index (χ2n) is 5.36. The maximum Gasteiger partial charge on any atom is 0.348 e. The van der Waals surface area contributed by atoms with Crippen LogP contribution in [0.4, 0.5) is 0 Å². The Bertz CT molecular complexity index is 865. The van der Waals surface area contributed by atoms with Crippen molar-refractivity contribution in [3.8, 4) is 11.3 Å². The summed E-state index contributed by atoms with van der Waals surface area (Å²) in [4.78, 5) is 16.6. The summed E-state index contributed by atoms with van der Waals surface area (Å²) in [5.41, 5.74) is 3.94. The molecule has 0 N–H and O–H groups in total. The van der Waals surface area contributed by atoms with Gasteiger partial charge in [-0.25, -0.2) is 4.79 Å². The van der Waals surface area contributed by atoms with E-state index < -0.39 is 0 Å². The molecule has 98 valence electrons. The smallest absolute Gasteiger partial charge is 0.291 e. The van der Waals surface area contributed by atoms with E-state index in [0.717, 1.165) is 28.7 Å². The van der Waals surface area contributed by atoms with Crippen molar-refractivity contribution in [1.29, 1.82) is 0 Å². The van der Waals surface area contributed by atoms with Gasteiger partial charge in [0.05, 0.1) is 11.2 Å². The molecule has 0 amide bonds. The fourth-order valence-electron chi connectivity index (χ4n) is 3.12. The van der Waals surface area contributed by atoms with Gasteiger partial charge < -0.3 is 0 Å². The molecule has 1 unspecified atom stereocenters. The lowest BCUT2D eigenvalue weighted by atomic mass is 10.00. The van der Waals surface area contributed by atoms with Crippen LogP contribution in [0, 0.1) is 0 Å². The molecule has 0 saturated carbocycles. The zero-order valence-electron chi connectivity index (χ0n) is 11.2. The lowest BCUT2D eigenvalue weighted by Gasteiger charge is -2.08. The summed E-state index contributed by atoms with van der Waals surface area (Å²) in [5, 5.41) is 1.07. The fourth-order valence-corrected chi connectivity index (χ4v) is 3.12. The van der Waals surface area contributed by atoms with Crippen LogP contribution in [0.2, 0.25) is 0 Å². The molecule has 0 fully saturated rings. The molecule has 0 saturated heterocycles. The molecule has 1 aromatic heterocycles. The number of hydrogen-bond donors (Lipinski definition) is 0. The van der Waals surface area contributed by atoms with Gasteiger partial charge in [0.1, 0.15) is 0 Å². The van der Waals surface area contributed by atoms with Gasteiger partial charge in [-0.2, -0.15) is 4.98 Å². The highest BCUT2D eigenvalue weighted by Gasteiger charge is 2.24. The number of para-hydroxylation sites is 1. The second-order valence-corrected chi connectivity index (χ2v) is 5.36. The van der Waals surface area contributed by atoms with Gasteiger partial charge >= 0.3 is 5.69 Å².